The van der Waals surface area contributed by atoms with E-state index in [0.717, 1.165) is 11.6 Å². The topological polar surface area (TPSA) is 73.1 Å². The Morgan fingerprint density at radius 2 is 1.80 bits per heavy atom. The zero-order chi connectivity index (χ0) is 17.8. The van der Waals surface area contributed by atoms with Crippen molar-refractivity contribution < 1.29 is 13.5 Å². The van der Waals surface area contributed by atoms with E-state index in [2.05, 4.69) is 15.3 Å². The fraction of sp³-hybridized carbons (Fsp3) is 0.111. The molecule has 0 atom stereocenters. The van der Waals surface area contributed by atoms with Crippen molar-refractivity contribution in [1.82, 2.24) is 9.97 Å². The van der Waals surface area contributed by atoms with Crippen molar-refractivity contribution in [2.24, 2.45) is 0 Å². The Hall–Kier alpha value is -3.22. The van der Waals surface area contributed by atoms with Crippen LogP contribution in [0.4, 0.5) is 20.5 Å². The monoisotopic (exact) mass is 342 g/mol. The van der Waals surface area contributed by atoms with E-state index in [1.165, 1.54) is 12.1 Å². The Balaban J connectivity index is 1.83. The summed E-state index contributed by atoms with van der Waals surface area (Å²) in [5.74, 6) is -0.0187. The summed E-state index contributed by atoms with van der Waals surface area (Å²) in [7, 11) is 1.58. The smallest absolute Gasteiger partial charge is 0.222 e. The summed E-state index contributed by atoms with van der Waals surface area (Å²) in [5.41, 5.74) is 7.65. The van der Waals surface area contributed by atoms with Crippen LogP contribution in [0.15, 0.2) is 48.5 Å². The number of nitrogens with zero attached hydrogens (tertiary/aromatic N) is 2. The number of nitrogen functional groups attached to an aromatic ring is 1. The van der Waals surface area contributed by atoms with Gasteiger partial charge in [0.1, 0.15) is 23.2 Å². The van der Waals surface area contributed by atoms with Crippen molar-refractivity contribution in [3.8, 4) is 17.0 Å². The number of nitrogens with one attached hydrogen (secondary N) is 1. The molecule has 0 fully saturated rings. The quantitative estimate of drug-likeness (QED) is 0.741. The zero-order valence-corrected chi connectivity index (χ0v) is 13.5. The second-order valence-corrected chi connectivity index (χ2v) is 5.36. The Bertz CT molecular complexity index is 882. The second kappa shape index (κ2) is 7.12. The normalized spacial score (nSPS) is 10.5. The second-order valence-electron chi connectivity index (χ2n) is 5.36. The lowest BCUT2D eigenvalue weighted by molar-refractivity contribution is 0.415. The van der Waals surface area contributed by atoms with Crippen molar-refractivity contribution in [1.29, 1.82) is 0 Å². The van der Waals surface area contributed by atoms with E-state index in [9.17, 15) is 8.78 Å². The highest BCUT2D eigenvalue weighted by atomic mass is 19.1. The third-order valence-electron chi connectivity index (χ3n) is 3.50. The number of nitrogens with two attached hydrogens (primary N) is 1. The zero-order valence-electron chi connectivity index (χ0n) is 13.5. The van der Waals surface area contributed by atoms with Crippen LogP contribution < -0.4 is 15.8 Å². The third-order valence-corrected chi connectivity index (χ3v) is 3.50. The molecule has 3 aromatic rings. The lowest BCUT2D eigenvalue weighted by Gasteiger charge is -2.10. The van der Waals surface area contributed by atoms with E-state index >= 15 is 0 Å². The van der Waals surface area contributed by atoms with E-state index < -0.39 is 11.6 Å². The molecule has 128 valence electrons. The van der Waals surface area contributed by atoms with Gasteiger partial charge in [-0.15, -0.1) is 0 Å². The highest BCUT2D eigenvalue weighted by Crippen LogP contribution is 2.24. The number of hydrogen-bond acceptors (Lipinski definition) is 5. The molecule has 0 aliphatic carbocycles. The van der Waals surface area contributed by atoms with Gasteiger partial charge in [0.25, 0.3) is 0 Å². The van der Waals surface area contributed by atoms with Crippen LogP contribution in [0, 0.1) is 11.6 Å². The van der Waals surface area contributed by atoms with Gasteiger partial charge in [0.05, 0.1) is 12.8 Å². The molecule has 0 bridgehead atoms. The van der Waals surface area contributed by atoms with E-state index in [-0.39, 0.29) is 12.5 Å². The molecule has 0 unspecified atom stereocenters. The molecule has 0 saturated carbocycles. The Labute approximate surface area is 143 Å². The number of methoxy groups -OCH3 is 1. The Morgan fingerprint density at radius 3 is 2.52 bits per heavy atom. The van der Waals surface area contributed by atoms with Crippen LogP contribution >= 0.6 is 0 Å². The van der Waals surface area contributed by atoms with E-state index in [0.29, 0.717) is 22.8 Å². The van der Waals surface area contributed by atoms with E-state index in [4.69, 9.17) is 10.5 Å². The summed E-state index contributed by atoms with van der Waals surface area (Å²) in [5, 5.41) is 3.00. The number of ether oxygens (including phenoxy) is 1. The van der Waals surface area contributed by atoms with Crippen LogP contribution in [0.2, 0.25) is 0 Å². The standard InChI is InChI=1S/C18H16F2N4O/c1-25-15-4-2-3-12(7-15)16-9-17(24-18(21)23-16)22-10-11-5-13(19)8-14(20)6-11/h2-9H,10H2,1H3,(H3,21,22,23,24). The number of anilines is 2. The summed E-state index contributed by atoms with van der Waals surface area (Å²) < 4.78 is 31.7. The number of benzene rings is 2. The highest BCUT2D eigenvalue weighted by Gasteiger charge is 2.07. The van der Waals surface area contributed by atoms with Gasteiger partial charge in [0, 0.05) is 24.2 Å². The van der Waals surface area contributed by atoms with Gasteiger partial charge in [-0.3, -0.25) is 0 Å². The molecule has 0 saturated heterocycles. The molecule has 1 aromatic heterocycles. The number of rotatable bonds is 5. The third kappa shape index (κ3) is 4.20. The van der Waals surface area contributed by atoms with Gasteiger partial charge in [-0.25, -0.2) is 13.8 Å². The van der Waals surface area contributed by atoms with Gasteiger partial charge >= 0.3 is 0 Å². The fourth-order valence-corrected chi connectivity index (χ4v) is 2.39. The molecular weight excluding hydrogens is 326 g/mol. The maximum absolute atomic E-state index is 13.2. The van der Waals surface area contributed by atoms with Gasteiger partial charge in [-0.2, -0.15) is 4.98 Å². The minimum atomic E-state index is -0.629. The van der Waals surface area contributed by atoms with Crippen molar-refractivity contribution in [3.05, 3.63) is 65.7 Å². The molecule has 0 aliphatic rings. The average Bonchev–Trinajstić information content (AvgIpc) is 2.59. The Kier molecular flexibility index (Phi) is 4.74. The maximum atomic E-state index is 13.2. The summed E-state index contributed by atoms with van der Waals surface area (Å²) in [6.45, 7) is 0.197. The van der Waals surface area contributed by atoms with Crippen molar-refractivity contribution in [2.75, 3.05) is 18.2 Å². The van der Waals surface area contributed by atoms with Gasteiger partial charge in [-0.05, 0) is 29.8 Å². The largest absolute Gasteiger partial charge is 0.497 e. The maximum Gasteiger partial charge on any atom is 0.222 e. The molecule has 7 heteroatoms. The highest BCUT2D eigenvalue weighted by molar-refractivity contribution is 5.65. The lowest BCUT2D eigenvalue weighted by atomic mass is 10.1. The molecule has 3 N–H and O–H groups in total. The first kappa shape index (κ1) is 16.6. The first-order valence-corrected chi connectivity index (χ1v) is 7.51. The van der Waals surface area contributed by atoms with Gasteiger partial charge in [-0.1, -0.05) is 12.1 Å². The first-order valence-electron chi connectivity index (χ1n) is 7.51. The molecule has 0 radical (unpaired) electrons. The minimum Gasteiger partial charge on any atom is -0.497 e. The molecular formula is C18H16F2N4O. The van der Waals surface area contributed by atoms with Crippen LogP contribution in [-0.4, -0.2) is 17.1 Å². The fourth-order valence-electron chi connectivity index (χ4n) is 2.39. The first-order chi connectivity index (χ1) is 12.0. The Morgan fingerprint density at radius 1 is 1.04 bits per heavy atom. The molecule has 0 aliphatic heterocycles. The number of hydrogen-bond donors (Lipinski definition) is 2. The summed E-state index contributed by atoms with van der Waals surface area (Å²) >= 11 is 0. The molecule has 5 nitrogen and oxygen atoms in total. The van der Waals surface area contributed by atoms with Crippen LogP contribution in [-0.2, 0) is 6.54 Å². The molecule has 0 amide bonds. The lowest BCUT2D eigenvalue weighted by Crippen LogP contribution is -2.06. The average molecular weight is 342 g/mol. The van der Waals surface area contributed by atoms with Crippen LogP contribution in [0.3, 0.4) is 0 Å². The molecule has 25 heavy (non-hydrogen) atoms. The van der Waals surface area contributed by atoms with E-state index in [1.54, 1.807) is 13.2 Å². The predicted octanol–water partition coefficient (Wildman–Crippen LogP) is 3.62. The molecule has 0 spiro atoms. The van der Waals surface area contributed by atoms with Gasteiger partial charge in [0.2, 0.25) is 5.95 Å². The summed E-state index contributed by atoms with van der Waals surface area (Å²) in [4.78, 5) is 8.31. The van der Waals surface area contributed by atoms with Gasteiger partial charge < -0.3 is 15.8 Å². The van der Waals surface area contributed by atoms with Crippen LogP contribution in [0.5, 0.6) is 5.75 Å². The van der Waals surface area contributed by atoms with Crippen LogP contribution in [0.25, 0.3) is 11.3 Å². The number of halogens is 2. The van der Waals surface area contributed by atoms with Crippen molar-refractivity contribution in [2.45, 2.75) is 6.54 Å². The summed E-state index contributed by atoms with van der Waals surface area (Å²) in [6.07, 6.45) is 0. The summed E-state index contributed by atoms with van der Waals surface area (Å²) in [6, 6.07) is 12.4. The van der Waals surface area contributed by atoms with Crippen molar-refractivity contribution in [3.63, 3.8) is 0 Å². The minimum absolute atomic E-state index is 0.0910. The molecule has 1 heterocycles. The molecule has 3 rings (SSSR count). The van der Waals surface area contributed by atoms with Crippen LogP contribution in [0.1, 0.15) is 5.56 Å². The molecule has 2 aromatic carbocycles. The predicted molar refractivity (Wildman–Crippen MR) is 92.1 cm³/mol. The van der Waals surface area contributed by atoms with Crippen molar-refractivity contribution >= 4 is 11.8 Å². The van der Waals surface area contributed by atoms with E-state index in [1.807, 2.05) is 24.3 Å². The SMILES string of the molecule is COc1cccc(-c2cc(NCc3cc(F)cc(F)c3)nc(N)n2)c1. The van der Waals surface area contributed by atoms with Gasteiger partial charge in [0.15, 0.2) is 0 Å². The number of aromatic nitrogens is 2.